The number of benzene rings is 2. The molecule has 3 N–H and O–H groups in total. The molecule has 0 bridgehead atoms. The first-order chi connectivity index (χ1) is 17.6. The van der Waals surface area contributed by atoms with Gasteiger partial charge in [0, 0.05) is 28.9 Å². The van der Waals surface area contributed by atoms with Gasteiger partial charge in [0.1, 0.15) is 23.5 Å². The van der Waals surface area contributed by atoms with Gasteiger partial charge in [-0.25, -0.2) is 13.4 Å². The van der Waals surface area contributed by atoms with Gasteiger partial charge < -0.3 is 15.2 Å². The molecule has 0 amide bonds. The molecule has 2 aliphatic heterocycles. The molecule has 2 aliphatic rings. The summed E-state index contributed by atoms with van der Waals surface area (Å²) >= 11 is 5.97. The first kappa shape index (κ1) is 27.2. The lowest BCUT2D eigenvalue weighted by molar-refractivity contribution is -0.0568. The molecule has 9 nitrogen and oxygen atoms in total. The number of hydrogen-bond donors (Lipinski definition) is 3. The molecule has 0 radical (unpaired) electrons. The molecular weight excluding hydrogens is 514 g/mol. The van der Waals surface area contributed by atoms with Crippen LogP contribution in [-0.2, 0) is 10.0 Å². The fraction of sp³-hybridized carbons (Fsp3) is 0.462. The number of nitriles is 1. The van der Waals surface area contributed by atoms with Gasteiger partial charge in [-0.15, -0.1) is 0 Å². The van der Waals surface area contributed by atoms with Crippen LogP contribution in [-0.4, -0.2) is 48.1 Å². The van der Waals surface area contributed by atoms with Crippen LogP contribution in [0.2, 0.25) is 5.02 Å². The summed E-state index contributed by atoms with van der Waals surface area (Å²) < 4.78 is 34.9. The van der Waals surface area contributed by atoms with Crippen molar-refractivity contribution in [3.63, 3.8) is 0 Å². The topological polar surface area (TPSA) is 127 Å². The van der Waals surface area contributed by atoms with E-state index in [9.17, 15) is 18.8 Å². The Morgan fingerprint density at radius 1 is 1.27 bits per heavy atom. The van der Waals surface area contributed by atoms with Crippen molar-refractivity contribution in [3.8, 4) is 11.9 Å². The number of hydrogen-bond acceptors (Lipinski definition) is 6. The molecule has 198 valence electrons. The van der Waals surface area contributed by atoms with Crippen LogP contribution in [0.3, 0.4) is 0 Å². The minimum absolute atomic E-state index is 0.0422. The smallest absolute Gasteiger partial charge is 0.243 e. The number of fused-ring (bicyclic) bond motifs is 1. The molecule has 2 heterocycles. The van der Waals surface area contributed by atoms with Crippen molar-refractivity contribution in [2.75, 3.05) is 11.9 Å². The van der Waals surface area contributed by atoms with E-state index < -0.39 is 27.8 Å². The van der Waals surface area contributed by atoms with E-state index in [2.05, 4.69) is 15.6 Å². The highest BCUT2D eigenvalue weighted by Gasteiger charge is 2.44. The number of piperidine rings is 1. The Balaban J connectivity index is 1.76. The molecule has 11 heteroatoms. The highest BCUT2D eigenvalue weighted by molar-refractivity contribution is 7.89. The van der Waals surface area contributed by atoms with Crippen LogP contribution in [0.1, 0.15) is 58.1 Å². The number of halogens is 1. The van der Waals surface area contributed by atoms with E-state index in [0.717, 1.165) is 25.7 Å². The van der Waals surface area contributed by atoms with Crippen LogP contribution >= 0.6 is 11.6 Å². The van der Waals surface area contributed by atoms with Gasteiger partial charge >= 0.3 is 0 Å². The molecule has 1 unspecified atom stereocenters. The van der Waals surface area contributed by atoms with Crippen LogP contribution in [0.15, 0.2) is 52.4 Å². The number of aliphatic hydroxyl groups is 1. The first-order valence-corrected chi connectivity index (χ1v) is 14.2. The molecule has 1 fully saturated rings. The lowest BCUT2D eigenvalue weighted by Crippen LogP contribution is -2.49. The first-order valence-electron chi connectivity index (χ1n) is 12.3. The predicted octanol–water partition coefficient (Wildman–Crippen LogP) is 4.40. The summed E-state index contributed by atoms with van der Waals surface area (Å²) in [7, 11) is -3.77. The van der Waals surface area contributed by atoms with E-state index in [1.165, 1.54) is 6.07 Å². The average molecular weight is 546 g/mol. The van der Waals surface area contributed by atoms with E-state index in [4.69, 9.17) is 16.3 Å². The summed E-state index contributed by atoms with van der Waals surface area (Å²) in [6.07, 6.45) is 4.14. The van der Waals surface area contributed by atoms with Gasteiger partial charge in [-0.2, -0.15) is 9.57 Å². The monoisotopic (exact) mass is 545 g/mol. The highest BCUT2D eigenvalue weighted by Crippen LogP contribution is 2.43. The molecule has 0 spiro atoms. The fourth-order valence-corrected chi connectivity index (χ4v) is 6.77. The lowest BCUT2D eigenvalue weighted by Gasteiger charge is -2.41. The molecule has 0 aromatic heterocycles. The summed E-state index contributed by atoms with van der Waals surface area (Å²) in [5.41, 5.74) is 0.0341. The van der Waals surface area contributed by atoms with Crippen molar-refractivity contribution in [3.05, 3.63) is 53.1 Å². The largest absolute Gasteiger partial charge is 0.485 e. The van der Waals surface area contributed by atoms with Gasteiger partial charge in [0.15, 0.2) is 6.19 Å². The van der Waals surface area contributed by atoms with Crippen molar-refractivity contribution in [2.24, 2.45) is 4.99 Å². The maximum atomic E-state index is 13.7. The molecule has 0 saturated carbocycles. The third-order valence-corrected chi connectivity index (χ3v) is 9.08. The van der Waals surface area contributed by atoms with Crippen molar-refractivity contribution in [1.82, 2.24) is 9.62 Å². The summed E-state index contributed by atoms with van der Waals surface area (Å²) in [5.74, 6) is 0.518. The predicted molar refractivity (Wildman–Crippen MR) is 143 cm³/mol. The number of rotatable bonds is 5. The Labute approximate surface area is 223 Å². The lowest BCUT2D eigenvalue weighted by atomic mass is 9.87. The van der Waals surface area contributed by atoms with E-state index in [1.807, 2.05) is 13.1 Å². The summed E-state index contributed by atoms with van der Waals surface area (Å²) in [5, 5.41) is 26.7. The molecular formula is C26H32ClN5O4S. The number of anilines is 1. The van der Waals surface area contributed by atoms with Crippen LogP contribution in [0, 0.1) is 11.5 Å². The third-order valence-electron chi connectivity index (χ3n) is 6.88. The van der Waals surface area contributed by atoms with E-state index in [-0.39, 0.29) is 16.9 Å². The van der Waals surface area contributed by atoms with E-state index in [1.54, 1.807) is 54.6 Å². The van der Waals surface area contributed by atoms with Crippen molar-refractivity contribution in [2.45, 2.75) is 75.1 Å². The number of aliphatic hydroxyl groups excluding tert-OH is 1. The minimum Gasteiger partial charge on any atom is -0.485 e. The van der Waals surface area contributed by atoms with E-state index >= 15 is 0 Å². The maximum absolute atomic E-state index is 13.7. The Morgan fingerprint density at radius 2 is 2.00 bits per heavy atom. The quantitative estimate of drug-likeness (QED) is 0.220. The second-order valence-corrected chi connectivity index (χ2v) is 12.1. The molecule has 2 aromatic rings. The van der Waals surface area contributed by atoms with Gasteiger partial charge in [0.25, 0.3) is 0 Å². The van der Waals surface area contributed by atoms with Gasteiger partial charge in [-0.3, -0.25) is 5.32 Å². The Bertz CT molecular complexity index is 1310. The Hall–Kier alpha value is -2.84. The van der Waals surface area contributed by atoms with Gasteiger partial charge in [0.05, 0.1) is 4.90 Å². The second-order valence-electron chi connectivity index (χ2n) is 9.81. The van der Waals surface area contributed by atoms with Crippen LogP contribution < -0.4 is 15.4 Å². The zero-order valence-electron chi connectivity index (χ0n) is 21.1. The zero-order valence-corrected chi connectivity index (χ0v) is 22.7. The standard InChI is InChI=1S/C26H32ClN5O4S/c1-4-19-7-5-6-14-32(19)37(34,35)20-12-13-22-21(15-20)23(24(33)26(2,3)36-22)31-25(29-16-28)30-18-10-8-17(27)9-11-18/h8-13,15,19,23-24,33H,4-7,14H2,1-3H3,(H2,29,30,31)/t19?,23-,24+/m1/s1. The fourth-order valence-electron chi connectivity index (χ4n) is 4.84. The molecule has 3 atom stereocenters. The number of guanidine groups is 1. The number of sulfonamides is 1. The number of nitrogens with one attached hydrogen (secondary N) is 2. The summed E-state index contributed by atoms with van der Waals surface area (Å²) in [4.78, 5) is 4.76. The number of aliphatic imine (C=N–C) groups is 1. The highest BCUT2D eigenvalue weighted by atomic mass is 35.5. The van der Waals surface area contributed by atoms with E-state index in [0.29, 0.717) is 28.6 Å². The molecule has 1 saturated heterocycles. The van der Waals surface area contributed by atoms with Crippen molar-refractivity contribution in [1.29, 1.82) is 5.26 Å². The summed E-state index contributed by atoms with van der Waals surface area (Å²) in [6.45, 7) is 5.95. The molecule has 2 aromatic carbocycles. The molecule has 37 heavy (non-hydrogen) atoms. The second kappa shape index (κ2) is 10.9. The van der Waals surface area contributed by atoms with Gasteiger partial charge in [0.2, 0.25) is 16.0 Å². The van der Waals surface area contributed by atoms with Crippen molar-refractivity contribution < 1.29 is 18.3 Å². The Morgan fingerprint density at radius 3 is 2.68 bits per heavy atom. The number of nitrogens with zero attached hydrogens (tertiary/aromatic N) is 3. The third kappa shape index (κ3) is 5.70. The van der Waals surface area contributed by atoms with Crippen LogP contribution in [0.25, 0.3) is 0 Å². The number of ether oxygens (including phenoxy) is 1. The van der Waals surface area contributed by atoms with Crippen LogP contribution in [0.4, 0.5) is 5.69 Å². The summed E-state index contributed by atoms with van der Waals surface area (Å²) in [6, 6.07) is 10.6. The average Bonchev–Trinajstić information content (AvgIpc) is 2.87. The Kier molecular flexibility index (Phi) is 7.99. The maximum Gasteiger partial charge on any atom is 0.243 e. The molecule has 4 rings (SSSR count). The van der Waals surface area contributed by atoms with Crippen molar-refractivity contribution >= 4 is 33.3 Å². The van der Waals surface area contributed by atoms with Gasteiger partial charge in [-0.1, -0.05) is 24.9 Å². The zero-order chi connectivity index (χ0) is 26.8. The van der Waals surface area contributed by atoms with Gasteiger partial charge in [-0.05, 0) is 75.6 Å². The normalized spacial score (nSPS) is 23.9. The molecule has 0 aliphatic carbocycles. The SMILES string of the molecule is CCC1CCCCN1S(=O)(=O)c1ccc2c(c1)[C@@H](N=C(NC#N)Nc1ccc(Cl)cc1)[C@H](O)C(C)(C)O2. The minimum atomic E-state index is -3.77. The van der Waals surface area contributed by atoms with Crippen LogP contribution in [0.5, 0.6) is 5.75 Å².